The molecule has 0 aromatic heterocycles. The Morgan fingerprint density at radius 3 is 2.39 bits per heavy atom. The third-order valence-electron chi connectivity index (χ3n) is 4.04. The van der Waals surface area contributed by atoms with Crippen molar-refractivity contribution in [2.24, 2.45) is 0 Å². The van der Waals surface area contributed by atoms with Gasteiger partial charge in [-0.15, -0.1) is 0 Å². The molecular formula is C17H17N3O3. The topological polar surface area (TPSA) is 66.7 Å². The number of anilines is 1. The molecule has 2 aromatic rings. The van der Waals surface area contributed by atoms with E-state index in [1.165, 1.54) is 12.1 Å². The molecule has 0 aliphatic carbocycles. The van der Waals surface area contributed by atoms with E-state index in [-0.39, 0.29) is 17.8 Å². The van der Waals surface area contributed by atoms with Crippen LogP contribution in [-0.4, -0.2) is 35.5 Å². The van der Waals surface area contributed by atoms with Gasteiger partial charge in [-0.2, -0.15) is 0 Å². The summed E-state index contributed by atoms with van der Waals surface area (Å²) in [5.74, 6) is 0. The minimum absolute atomic E-state index is 0.0105. The molecule has 0 bridgehead atoms. The van der Waals surface area contributed by atoms with Crippen molar-refractivity contribution in [1.82, 2.24) is 4.90 Å². The van der Waals surface area contributed by atoms with Gasteiger partial charge < -0.3 is 4.90 Å². The Balaban J connectivity index is 1.87. The molecule has 2 amide bonds. The molecule has 0 unspecified atom stereocenters. The average molecular weight is 311 g/mol. The fourth-order valence-electron chi connectivity index (χ4n) is 2.91. The minimum Gasteiger partial charge on any atom is -0.325 e. The molecule has 0 radical (unpaired) electrons. The Morgan fingerprint density at radius 1 is 1.13 bits per heavy atom. The summed E-state index contributed by atoms with van der Waals surface area (Å²) in [4.78, 5) is 26.2. The molecule has 1 saturated heterocycles. The van der Waals surface area contributed by atoms with Crippen molar-refractivity contribution in [3.63, 3.8) is 0 Å². The van der Waals surface area contributed by atoms with E-state index in [0.717, 1.165) is 12.0 Å². The Kier molecular flexibility index (Phi) is 3.97. The van der Waals surface area contributed by atoms with Crippen LogP contribution in [0.2, 0.25) is 0 Å². The predicted octanol–water partition coefficient (Wildman–Crippen LogP) is 3.08. The summed E-state index contributed by atoms with van der Waals surface area (Å²) in [7, 11) is 1.77. The Morgan fingerprint density at radius 2 is 1.78 bits per heavy atom. The van der Waals surface area contributed by atoms with Gasteiger partial charge >= 0.3 is 6.03 Å². The summed E-state index contributed by atoms with van der Waals surface area (Å²) >= 11 is 0. The van der Waals surface area contributed by atoms with Gasteiger partial charge in [0.15, 0.2) is 0 Å². The number of nitro groups is 1. The Bertz CT molecular complexity index is 716. The fraction of sp³-hybridized carbons (Fsp3) is 0.235. The molecule has 1 heterocycles. The van der Waals surface area contributed by atoms with Crippen molar-refractivity contribution in [2.75, 3.05) is 18.5 Å². The van der Waals surface area contributed by atoms with Gasteiger partial charge in [0.2, 0.25) is 0 Å². The van der Waals surface area contributed by atoms with E-state index >= 15 is 0 Å². The number of likely N-dealkylation sites (N-methyl/N-ethyl adjacent to an activating group) is 1. The molecule has 1 atom stereocenters. The lowest BCUT2D eigenvalue weighted by atomic mass is 10.1. The number of benzene rings is 2. The monoisotopic (exact) mass is 311 g/mol. The summed E-state index contributed by atoms with van der Waals surface area (Å²) in [6, 6.07) is 16.0. The van der Waals surface area contributed by atoms with E-state index in [2.05, 4.69) is 0 Å². The highest BCUT2D eigenvalue weighted by atomic mass is 16.6. The first-order valence-corrected chi connectivity index (χ1v) is 7.39. The first-order chi connectivity index (χ1) is 11.1. The molecule has 23 heavy (non-hydrogen) atoms. The second kappa shape index (κ2) is 6.08. The van der Waals surface area contributed by atoms with Gasteiger partial charge in [-0.25, -0.2) is 4.79 Å². The number of nitrogens with zero attached hydrogens (tertiary/aromatic N) is 3. The molecular weight excluding hydrogens is 294 g/mol. The van der Waals surface area contributed by atoms with Crippen LogP contribution in [0, 0.1) is 10.1 Å². The largest absolute Gasteiger partial charge is 0.325 e. The number of amides is 2. The molecule has 3 rings (SSSR count). The SMILES string of the molecule is CN1C[C@H](Cc2ccccc2)N(c2ccc([N+](=O)[O-])cc2)C1=O. The highest BCUT2D eigenvalue weighted by Crippen LogP contribution is 2.27. The molecule has 1 aliphatic heterocycles. The van der Waals surface area contributed by atoms with Crippen molar-refractivity contribution < 1.29 is 9.72 Å². The van der Waals surface area contributed by atoms with Crippen LogP contribution < -0.4 is 4.90 Å². The number of rotatable bonds is 4. The van der Waals surface area contributed by atoms with Crippen molar-refractivity contribution in [2.45, 2.75) is 12.5 Å². The van der Waals surface area contributed by atoms with Crippen molar-refractivity contribution in [3.05, 3.63) is 70.3 Å². The summed E-state index contributed by atoms with van der Waals surface area (Å²) < 4.78 is 0. The molecule has 2 aromatic carbocycles. The average Bonchev–Trinajstić information content (AvgIpc) is 2.83. The van der Waals surface area contributed by atoms with Crippen molar-refractivity contribution in [3.8, 4) is 0 Å². The van der Waals surface area contributed by atoms with E-state index in [4.69, 9.17) is 0 Å². The van der Waals surface area contributed by atoms with Crippen LogP contribution in [0.15, 0.2) is 54.6 Å². The first-order valence-electron chi connectivity index (χ1n) is 7.39. The summed E-state index contributed by atoms with van der Waals surface area (Å²) in [6.45, 7) is 0.630. The first kappa shape index (κ1) is 15.0. The van der Waals surface area contributed by atoms with Crippen LogP contribution in [0.3, 0.4) is 0 Å². The zero-order valence-electron chi connectivity index (χ0n) is 12.8. The third-order valence-corrected chi connectivity index (χ3v) is 4.04. The zero-order valence-corrected chi connectivity index (χ0v) is 12.8. The van der Waals surface area contributed by atoms with Crippen LogP contribution in [0.25, 0.3) is 0 Å². The molecule has 6 heteroatoms. The smallest absolute Gasteiger partial charge is 0.324 e. The van der Waals surface area contributed by atoms with E-state index in [1.807, 2.05) is 30.3 Å². The van der Waals surface area contributed by atoms with Gasteiger partial charge in [0.25, 0.3) is 5.69 Å². The standard InChI is InChI=1S/C17H17N3O3/c1-18-12-16(11-13-5-3-2-4-6-13)19(17(18)21)14-7-9-15(10-8-14)20(22)23/h2-10,16H,11-12H2,1H3/t16-/m0/s1. The lowest BCUT2D eigenvalue weighted by Crippen LogP contribution is -2.35. The Labute approximate surface area is 134 Å². The number of carbonyl (C=O) groups is 1. The maximum absolute atomic E-state index is 12.4. The number of hydrogen-bond donors (Lipinski definition) is 0. The molecule has 0 N–H and O–H groups in total. The van der Waals surface area contributed by atoms with E-state index in [1.54, 1.807) is 29.0 Å². The number of urea groups is 1. The van der Waals surface area contributed by atoms with Gasteiger partial charge in [0.05, 0.1) is 11.0 Å². The summed E-state index contributed by atoms with van der Waals surface area (Å²) in [6.07, 6.45) is 0.744. The second-order valence-electron chi connectivity index (χ2n) is 5.65. The normalized spacial score (nSPS) is 17.6. The minimum atomic E-state index is -0.441. The number of nitro benzene ring substituents is 1. The van der Waals surface area contributed by atoms with Gasteiger partial charge in [0, 0.05) is 31.4 Å². The predicted molar refractivity (Wildman–Crippen MR) is 87.5 cm³/mol. The van der Waals surface area contributed by atoms with Gasteiger partial charge in [-0.1, -0.05) is 30.3 Å². The molecule has 6 nitrogen and oxygen atoms in total. The highest BCUT2D eigenvalue weighted by Gasteiger charge is 2.36. The molecule has 0 spiro atoms. The number of carbonyl (C=O) groups excluding carboxylic acids is 1. The van der Waals surface area contributed by atoms with Gasteiger partial charge in [0.1, 0.15) is 0 Å². The number of hydrogen-bond acceptors (Lipinski definition) is 3. The van der Waals surface area contributed by atoms with Crippen LogP contribution in [0.4, 0.5) is 16.2 Å². The summed E-state index contributed by atoms with van der Waals surface area (Å²) in [5, 5.41) is 10.8. The Hall–Kier alpha value is -2.89. The van der Waals surface area contributed by atoms with Gasteiger partial charge in [-0.05, 0) is 24.1 Å². The molecule has 118 valence electrons. The molecule has 1 aliphatic rings. The van der Waals surface area contributed by atoms with E-state index in [9.17, 15) is 14.9 Å². The quantitative estimate of drug-likeness (QED) is 0.644. The highest BCUT2D eigenvalue weighted by molar-refractivity contribution is 5.95. The third kappa shape index (κ3) is 3.01. The lowest BCUT2D eigenvalue weighted by molar-refractivity contribution is -0.384. The second-order valence-corrected chi connectivity index (χ2v) is 5.65. The van der Waals surface area contributed by atoms with Crippen LogP contribution in [0.5, 0.6) is 0 Å². The van der Waals surface area contributed by atoms with Crippen LogP contribution >= 0.6 is 0 Å². The maximum Gasteiger partial charge on any atom is 0.324 e. The zero-order chi connectivity index (χ0) is 16.4. The van der Waals surface area contributed by atoms with Crippen molar-refractivity contribution in [1.29, 1.82) is 0 Å². The summed E-state index contributed by atoms with van der Waals surface area (Å²) in [5.41, 5.74) is 1.87. The lowest BCUT2D eigenvalue weighted by Gasteiger charge is -2.23. The van der Waals surface area contributed by atoms with E-state index < -0.39 is 4.92 Å². The fourth-order valence-corrected chi connectivity index (χ4v) is 2.91. The number of non-ortho nitro benzene ring substituents is 1. The molecule has 1 fully saturated rings. The molecule has 0 saturated carbocycles. The van der Waals surface area contributed by atoms with Gasteiger partial charge in [-0.3, -0.25) is 15.0 Å². The van der Waals surface area contributed by atoms with Crippen LogP contribution in [0.1, 0.15) is 5.56 Å². The maximum atomic E-state index is 12.4. The van der Waals surface area contributed by atoms with Crippen molar-refractivity contribution >= 4 is 17.4 Å². The van der Waals surface area contributed by atoms with E-state index in [0.29, 0.717) is 12.2 Å². The van der Waals surface area contributed by atoms with Crippen LogP contribution in [-0.2, 0) is 6.42 Å².